The molecular formula is C18H16ClF2NO3S. The molecule has 2 N–H and O–H groups in total. The molecule has 2 aromatic rings. The van der Waals surface area contributed by atoms with Crippen molar-refractivity contribution in [3.05, 3.63) is 64.7 Å². The number of hydrogen-bond acceptors (Lipinski definition) is 3. The van der Waals surface area contributed by atoms with E-state index in [1.54, 1.807) is 0 Å². The number of primary amides is 1. The minimum Gasteiger partial charge on any atom is -0.369 e. The maximum atomic E-state index is 14.5. The van der Waals surface area contributed by atoms with Gasteiger partial charge in [0.1, 0.15) is 16.4 Å². The first-order valence-corrected chi connectivity index (χ1v) is 9.64. The molecule has 0 bridgehead atoms. The molecule has 1 aliphatic rings. The second kappa shape index (κ2) is 6.03. The summed E-state index contributed by atoms with van der Waals surface area (Å²) in [6.07, 6.45) is -0.471. The van der Waals surface area contributed by atoms with E-state index in [-0.39, 0.29) is 23.3 Å². The van der Waals surface area contributed by atoms with Gasteiger partial charge in [0.2, 0.25) is 5.91 Å². The van der Waals surface area contributed by atoms with E-state index in [2.05, 4.69) is 0 Å². The zero-order valence-corrected chi connectivity index (χ0v) is 15.4. The second-order valence-corrected chi connectivity index (χ2v) is 9.55. The molecule has 0 saturated heterocycles. The maximum absolute atomic E-state index is 14.5. The van der Waals surface area contributed by atoms with Crippen LogP contribution >= 0.6 is 11.6 Å². The third kappa shape index (κ3) is 2.70. The first-order valence-electron chi connectivity index (χ1n) is 7.77. The van der Waals surface area contributed by atoms with Crippen LogP contribution in [0, 0.1) is 17.0 Å². The van der Waals surface area contributed by atoms with Gasteiger partial charge in [-0.25, -0.2) is 17.2 Å². The van der Waals surface area contributed by atoms with Crippen molar-refractivity contribution in [1.29, 1.82) is 0 Å². The van der Waals surface area contributed by atoms with Crippen LogP contribution in [-0.4, -0.2) is 14.3 Å². The lowest BCUT2D eigenvalue weighted by Crippen LogP contribution is -2.58. The normalized spacial score (nSPS) is 25.5. The molecule has 0 aromatic heterocycles. The van der Waals surface area contributed by atoms with Gasteiger partial charge in [-0.05, 0) is 55.3 Å². The summed E-state index contributed by atoms with van der Waals surface area (Å²) in [5.74, 6) is -2.30. The number of halogens is 3. The van der Waals surface area contributed by atoms with E-state index in [0.717, 1.165) is 18.2 Å². The summed E-state index contributed by atoms with van der Waals surface area (Å²) in [4.78, 5) is 11.6. The Morgan fingerprint density at radius 2 is 1.69 bits per heavy atom. The Bertz CT molecular complexity index is 984. The Hall–Kier alpha value is -1.99. The summed E-state index contributed by atoms with van der Waals surface area (Å²) >= 11 is 5.81. The van der Waals surface area contributed by atoms with Gasteiger partial charge in [-0.2, -0.15) is 0 Å². The number of carbonyl (C=O) groups is 1. The number of hydrogen-bond donors (Lipinski definition) is 1. The number of benzene rings is 2. The lowest BCUT2D eigenvalue weighted by atomic mass is 9.59. The molecule has 26 heavy (non-hydrogen) atoms. The van der Waals surface area contributed by atoms with Crippen LogP contribution in [0.5, 0.6) is 0 Å². The van der Waals surface area contributed by atoms with E-state index in [0.29, 0.717) is 5.02 Å². The molecule has 0 atom stereocenters. The molecule has 4 nitrogen and oxygen atoms in total. The van der Waals surface area contributed by atoms with Crippen LogP contribution in [0.15, 0.2) is 47.4 Å². The van der Waals surface area contributed by atoms with Gasteiger partial charge in [0.15, 0.2) is 9.84 Å². The zero-order chi connectivity index (χ0) is 19.3. The van der Waals surface area contributed by atoms with Crippen LogP contribution in [-0.2, 0) is 19.4 Å². The molecule has 1 saturated carbocycles. The van der Waals surface area contributed by atoms with E-state index in [1.165, 1.54) is 31.2 Å². The summed E-state index contributed by atoms with van der Waals surface area (Å²) in [6.45, 7) is 1.52. The quantitative estimate of drug-likeness (QED) is 0.853. The molecule has 0 aliphatic heterocycles. The fraction of sp³-hybridized carbons (Fsp3) is 0.278. The van der Waals surface area contributed by atoms with Crippen LogP contribution in [0.1, 0.15) is 25.3 Å². The molecule has 1 amide bonds. The summed E-state index contributed by atoms with van der Waals surface area (Å²) in [5.41, 5.74) is 3.96. The summed E-state index contributed by atoms with van der Waals surface area (Å²) in [7, 11) is -4.15. The van der Waals surface area contributed by atoms with Gasteiger partial charge in [-0.1, -0.05) is 18.5 Å². The molecule has 1 aliphatic carbocycles. The van der Waals surface area contributed by atoms with E-state index in [1.807, 2.05) is 0 Å². The van der Waals surface area contributed by atoms with Crippen molar-refractivity contribution in [2.24, 2.45) is 11.1 Å². The average Bonchev–Trinajstić information content (AvgIpc) is 2.54. The van der Waals surface area contributed by atoms with Gasteiger partial charge < -0.3 is 5.73 Å². The fourth-order valence-corrected chi connectivity index (χ4v) is 6.13. The number of nitrogens with two attached hydrogens (primary N) is 1. The molecule has 0 heterocycles. The van der Waals surface area contributed by atoms with Crippen LogP contribution in [0.2, 0.25) is 5.02 Å². The third-order valence-corrected chi connectivity index (χ3v) is 7.69. The van der Waals surface area contributed by atoms with E-state index in [4.69, 9.17) is 17.3 Å². The maximum Gasteiger partial charge on any atom is 0.223 e. The van der Waals surface area contributed by atoms with Gasteiger partial charge in [-0.15, -0.1) is 0 Å². The first kappa shape index (κ1) is 18.8. The molecule has 2 aromatic carbocycles. The van der Waals surface area contributed by atoms with Crippen molar-refractivity contribution in [3.63, 3.8) is 0 Å². The van der Waals surface area contributed by atoms with E-state index < -0.39 is 37.5 Å². The lowest BCUT2D eigenvalue weighted by molar-refractivity contribution is -0.133. The third-order valence-electron chi connectivity index (χ3n) is 5.00. The standard InChI is InChI=1S/C18H16ClF2NO3S/c1-17(16(22)23)9-18(10-17,14-8-12(20)4-7-15(14)21)26(24,25)13-5-2-11(19)3-6-13/h2-8H,9-10H2,1H3,(H2,22,23)/t17-,18-. The fourth-order valence-electron chi connectivity index (χ4n) is 3.59. The highest BCUT2D eigenvalue weighted by atomic mass is 35.5. The molecule has 3 rings (SSSR count). The molecule has 138 valence electrons. The van der Waals surface area contributed by atoms with Crippen molar-refractivity contribution >= 4 is 27.3 Å². The van der Waals surface area contributed by atoms with Gasteiger partial charge in [-0.3, -0.25) is 4.79 Å². The summed E-state index contributed by atoms with van der Waals surface area (Å²) < 4.78 is 53.1. The summed E-state index contributed by atoms with van der Waals surface area (Å²) in [6, 6.07) is 8.06. The molecule has 8 heteroatoms. The Morgan fingerprint density at radius 1 is 1.12 bits per heavy atom. The first-order chi connectivity index (χ1) is 12.0. The monoisotopic (exact) mass is 399 g/mol. The largest absolute Gasteiger partial charge is 0.369 e. The zero-order valence-electron chi connectivity index (χ0n) is 13.8. The van der Waals surface area contributed by atoms with Crippen molar-refractivity contribution in [2.75, 3.05) is 0 Å². The van der Waals surface area contributed by atoms with Crippen molar-refractivity contribution in [2.45, 2.75) is 29.4 Å². The van der Waals surface area contributed by atoms with Crippen LogP contribution < -0.4 is 5.73 Å². The second-order valence-electron chi connectivity index (χ2n) is 6.85. The molecule has 0 spiro atoms. The number of amides is 1. The van der Waals surface area contributed by atoms with Gasteiger partial charge in [0.25, 0.3) is 0 Å². The molecule has 1 fully saturated rings. The van der Waals surface area contributed by atoms with Crippen molar-refractivity contribution in [1.82, 2.24) is 0 Å². The highest BCUT2D eigenvalue weighted by Gasteiger charge is 2.64. The predicted molar refractivity (Wildman–Crippen MR) is 93.2 cm³/mol. The molecule has 0 unspecified atom stereocenters. The highest BCUT2D eigenvalue weighted by molar-refractivity contribution is 7.92. The SMILES string of the molecule is C[C@]1(C(N)=O)C[C@](c2cc(F)ccc2F)(S(=O)(=O)c2ccc(Cl)cc2)C1. The predicted octanol–water partition coefficient (Wildman–Crippen LogP) is 3.57. The van der Waals surface area contributed by atoms with Crippen molar-refractivity contribution < 1.29 is 22.0 Å². The van der Waals surface area contributed by atoms with Crippen LogP contribution in [0.25, 0.3) is 0 Å². The van der Waals surface area contributed by atoms with Gasteiger partial charge >= 0.3 is 0 Å². The smallest absolute Gasteiger partial charge is 0.223 e. The Kier molecular flexibility index (Phi) is 4.36. The van der Waals surface area contributed by atoms with E-state index >= 15 is 0 Å². The van der Waals surface area contributed by atoms with Crippen LogP contribution in [0.3, 0.4) is 0 Å². The number of sulfone groups is 1. The highest BCUT2D eigenvalue weighted by Crippen LogP contribution is 2.60. The average molecular weight is 400 g/mol. The molecule has 0 radical (unpaired) electrons. The Labute approximate surface area is 154 Å². The molecular weight excluding hydrogens is 384 g/mol. The van der Waals surface area contributed by atoms with Gasteiger partial charge in [0.05, 0.1) is 4.90 Å². The number of rotatable bonds is 4. The van der Waals surface area contributed by atoms with Gasteiger partial charge in [0, 0.05) is 16.0 Å². The van der Waals surface area contributed by atoms with E-state index in [9.17, 15) is 22.0 Å². The lowest BCUT2D eigenvalue weighted by Gasteiger charge is -2.52. The Balaban J connectivity index is 2.22. The van der Waals surface area contributed by atoms with Crippen molar-refractivity contribution in [3.8, 4) is 0 Å². The number of carbonyl (C=O) groups excluding carboxylic acids is 1. The van der Waals surface area contributed by atoms with Crippen LogP contribution in [0.4, 0.5) is 8.78 Å². The summed E-state index contributed by atoms with van der Waals surface area (Å²) in [5, 5.41) is 0.338. The topological polar surface area (TPSA) is 77.2 Å². The Morgan fingerprint density at radius 3 is 2.23 bits per heavy atom. The minimum absolute atomic E-state index is 0.0860. The minimum atomic E-state index is -4.15.